The van der Waals surface area contributed by atoms with Crippen LogP contribution >= 0.6 is 11.6 Å². The lowest BCUT2D eigenvalue weighted by atomic mass is 10.1. The molecule has 0 fully saturated rings. The van der Waals surface area contributed by atoms with Crippen LogP contribution in [0.15, 0.2) is 71.3 Å². The van der Waals surface area contributed by atoms with Crippen LogP contribution in [0.2, 0.25) is 5.02 Å². The highest BCUT2D eigenvalue weighted by Gasteiger charge is 2.29. The second kappa shape index (κ2) is 11.0. The van der Waals surface area contributed by atoms with Gasteiger partial charge in [0.1, 0.15) is 16.4 Å². The zero-order valence-corrected chi connectivity index (χ0v) is 23.0. The van der Waals surface area contributed by atoms with E-state index >= 15 is 0 Å². The number of nitrogens with one attached hydrogen (secondary N) is 1. The Kier molecular flexibility index (Phi) is 7.95. The predicted molar refractivity (Wildman–Crippen MR) is 146 cm³/mol. The van der Waals surface area contributed by atoms with E-state index in [-0.39, 0.29) is 33.5 Å². The highest BCUT2D eigenvalue weighted by molar-refractivity contribution is 7.74. The van der Waals surface area contributed by atoms with Crippen molar-refractivity contribution in [2.24, 2.45) is 0 Å². The third-order valence-corrected chi connectivity index (χ3v) is 7.10. The Labute approximate surface area is 227 Å². The fourth-order valence-corrected chi connectivity index (χ4v) is 5.32. The average molecular weight is 578 g/mol. The van der Waals surface area contributed by atoms with Gasteiger partial charge in [-0.05, 0) is 50.6 Å². The molecule has 2 aromatic carbocycles. The number of carbonyl (C=O) groups excluding carboxylic acids is 1. The molecule has 1 atom stereocenters. The SMILES string of the molecule is CC(C)(C)OC(=O)Nc1cccc(C(c2ncc(Cl)cc2N(c2cc3ccccc3o2)[SH](=O)=O)[SH](=O)=O)c1. The van der Waals surface area contributed by atoms with Gasteiger partial charge in [-0.3, -0.25) is 10.3 Å². The molecule has 0 radical (unpaired) electrons. The highest BCUT2D eigenvalue weighted by Crippen LogP contribution is 2.39. The number of pyridine rings is 1. The minimum absolute atomic E-state index is 0.0622. The van der Waals surface area contributed by atoms with E-state index in [2.05, 4.69) is 10.3 Å². The summed E-state index contributed by atoms with van der Waals surface area (Å²) < 4.78 is 62.0. The minimum atomic E-state index is -3.36. The van der Waals surface area contributed by atoms with Crippen LogP contribution in [0, 0.1) is 0 Å². The maximum Gasteiger partial charge on any atom is 0.412 e. The number of hydrogen-bond donors (Lipinski definition) is 3. The number of hydrogen-bond acceptors (Lipinski definition) is 8. The summed E-state index contributed by atoms with van der Waals surface area (Å²) in [5.74, 6) is -0.0622. The monoisotopic (exact) mass is 577 g/mol. The Bertz CT molecular complexity index is 1610. The van der Waals surface area contributed by atoms with Gasteiger partial charge in [-0.1, -0.05) is 41.9 Å². The number of para-hydroxylation sites is 1. The Morgan fingerprint density at radius 1 is 1.05 bits per heavy atom. The number of ether oxygens (including phenoxy) is 1. The third-order valence-electron chi connectivity index (χ3n) is 5.19. The maximum atomic E-state index is 12.6. The van der Waals surface area contributed by atoms with E-state index in [9.17, 15) is 21.6 Å². The molecule has 4 aromatic rings. The molecule has 10 nitrogen and oxygen atoms in total. The molecule has 0 aliphatic carbocycles. The molecule has 0 saturated carbocycles. The van der Waals surface area contributed by atoms with Crippen molar-refractivity contribution in [3.05, 3.63) is 83.1 Å². The lowest BCUT2D eigenvalue weighted by Gasteiger charge is -2.22. The number of furan rings is 1. The van der Waals surface area contributed by atoms with Crippen molar-refractivity contribution >= 4 is 67.5 Å². The second-order valence-electron chi connectivity index (χ2n) is 9.17. The van der Waals surface area contributed by atoms with Crippen molar-refractivity contribution in [1.82, 2.24) is 4.98 Å². The second-order valence-corrected chi connectivity index (χ2v) is 11.6. The molecule has 13 heteroatoms. The summed E-state index contributed by atoms with van der Waals surface area (Å²) in [6.07, 6.45) is 0.506. The summed E-state index contributed by atoms with van der Waals surface area (Å²) in [7, 11) is -6.59. The first kappa shape index (κ1) is 27.4. The van der Waals surface area contributed by atoms with Gasteiger partial charge in [0.15, 0.2) is 10.7 Å². The minimum Gasteiger partial charge on any atom is -0.444 e. The number of fused-ring (bicyclic) bond motifs is 1. The standard InChI is InChI=1S/C25H24ClN3O7S2/c1-25(2,3)36-24(30)28-18-9-6-8-16(11-18)23(37(31)32)22-19(13-17(26)14-27-22)29(38(33)34)21-12-15-7-4-5-10-20(15)35-21/h4-14,23,37-38H,1-3H3,(H,28,30). The number of carbonyl (C=O) groups is 1. The number of nitrogens with zero attached hydrogens (tertiary/aromatic N) is 2. The van der Waals surface area contributed by atoms with Gasteiger partial charge >= 0.3 is 6.09 Å². The molecule has 0 saturated heterocycles. The fourth-order valence-electron chi connectivity index (χ4n) is 3.77. The van der Waals surface area contributed by atoms with Gasteiger partial charge in [0, 0.05) is 23.3 Å². The van der Waals surface area contributed by atoms with E-state index in [4.69, 9.17) is 20.8 Å². The maximum absolute atomic E-state index is 12.6. The number of anilines is 3. The molecule has 0 bridgehead atoms. The van der Waals surface area contributed by atoms with Crippen LogP contribution in [-0.2, 0) is 26.3 Å². The molecule has 2 heterocycles. The normalized spacial score (nSPS) is 12.6. The van der Waals surface area contributed by atoms with Crippen molar-refractivity contribution < 1.29 is 30.8 Å². The van der Waals surface area contributed by atoms with Crippen LogP contribution in [0.3, 0.4) is 0 Å². The van der Waals surface area contributed by atoms with Crippen molar-refractivity contribution in [1.29, 1.82) is 0 Å². The molecule has 4 rings (SSSR count). The molecule has 1 N–H and O–H groups in total. The van der Waals surface area contributed by atoms with E-state index in [1.54, 1.807) is 57.2 Å². The number of thiol groups is 2. The zero-order valence-electron chi connectivity index (χ0n) is 20.5. The summed E-state index contributed by atoms with van der Waals surface area (Å²) in [4.78, 5) is 16.5. The predicted octanol–water partition coefficient (Wildman–Crippen LogP) is 5.19. The molecule has 1 unspecified atom stereocenters. The van der Waals surface area contributed by atoms with Crippen molar-refractivity contribution in [3.63, 3.8) is 0 Å². The van der Waals surface area contributed by atoms with Crippen LogP contribution in [-0.4, -0.2) is 33.5 Å². The van der Waals surface area contributed by atoms with E-state index < -0.39 is 38.5 Å². The first-order chi connectivity index (χ1) is 17.9. The summed E-state index contributed by atoms with van der Waals surface area (Å²) in [6, 6.07) is 15.8. The van der Waals surface area contributed by atoms with Gasteiger partial charge in [0.05, 0.1) is 16.4 Å². The van der Waals surface area contributed by atoms with Gasteiger partial charge in [-0.25, -0.2) is 25.9 Å². The third kappa shape index (κ3) is 6.26. The van der Waals surface area contributed by atoms with Crippen LogP contribution in [0.4, 0.5) is 22.1 Å². The van der Waals surface area contributed by atoms with E-state index in [0.717, 1.165) is 4.31 Å². The number of aromatic nitrogens is 1. The molecule has 1 amide bonds. The van der Waals surface area contributed by atoms with Crippen molar-refractivity contribution in [2.45, 2.75) is 31.6 Å². The van der Waals surface area contributed by atoms with Crippen molar-refractivity contribution in [2.75, 3.05) is 9.62 Å². The smallest absolute Gasteiger partial charge is 0.412 e. The van der Waals surface area contributed by atoms with E-state index in [1.807, 2.05) is 0 Å². The van der Waals surface area contributed by atoms with Crippen LogP contribution in [0.25, 0.3) is 11.0 Å². The van der Waals surface area contributed by atoms with Crippen LogP contribution in [0.1, 0.15) is 37.3 Å². The van der Waals surface area contributed by atoms with Gasteiger partial charge in [-0.15, -0.1) is 0 Å². The highest BCUT2D eigenvalue weighted by atomic mass is 35.5. The number of halogens is 1. The molecular formula is C25H24ClN3O7S2. The molecule has 200 valence electrons. The Balaban J connectivity index is 1.81. The van der Waals surface area contributed by atoms with Crippen LogP contribution < -0.4 is 9.62 Å². The first-order valence-electron chi connectivity index (χ1n) is 11.2. The quantitative estimate of drug-likeness (QED) is 0.255. The molecule has 0 aliphatic heterocycles. The lowest BCUT2D eigenvalue weighted by molar-refractivity contribution is 0.0636. The fraction of sp³-hybridized carbons (Fsp3) is 0.200. The Morgan fingerprint density at radius 3 is 2.45 bits per heavy atom. The summed E-state index contributed by atoms with van der Waals surface area (Å²) in [6.45, 7) is 5.14. The van der Waals surface area contributed by atoms with Gasteiger partial charge in [-0.2, -0.15) is 0 Å². The molecular weight excluding hydrogens is 554 g/mol. The number of benzene rings is 2. The van der Waals surface area contributed by atoms with Gasteiger partial charge in [0.2, 0.25) is 16.8 Å². The molecule has 0 spiro atoms. The van der Waals surface area contributed by atoms with E-state index in [0.29, 0.717) is 11.0 Å². The summed E-state index contributed by atoms with van der Waals surface area (Å²) >= 11 is 6.17. The summed E-state index contributed by atoms with van der Waals surface area (Å²) in [5.41, 5.74) is 0.0182. The van der Waals surface area contributed by atoms with Crippen molar-refractivity contribution in [3.8, 4) is 0 Å². The van der Waals surface area contributed by atoms with Gasteiger partial charge < -0.3 is 9.15 Å². The first-order valence-corrected chi connectivity index (χ1v) is 14.0. The molecule has 38 heavy (non-hydrogen) atoms. The van der Waals surface area contributed by atoms with Crippen LogP contribution in [0.5, 0.6) is 0 Å². The largest absolute Gasteiger partial charge is 0.444 e. The molecule has 2 aromatic heterocycles. The van der Waals surface area contributed by atoms with E-state index in [1.165, 1.54) is 30.5 Å². The lowest BCUT2D eigenvalue weighted by Crippen LogP contribution is -2.27. The zero-order chi connectivity index (χ0) is 27.6. The van der Waals surface area contributed by atoms with Gasteiger partial charge in [0.25, 0.3) is 0 Å². The Morgan fingerprint density at radius 2 is 1.79 bits per heavy atom. The Hall–Kier alpha value is -3.61. The average Bonchev–Trinajstić information content (AvgIpc) is 3.22. The molecule has 0 aliphatic rings. The number of amides is 1. The number of rotatable bonds is 7. The topological polar surface area (TPSA) is 136 Å². The summed E-state index contributed by atoms with van der Waals surface area (Å²) in [5, 5.41) is 1.91.